The van der Waals surface area contributed by atoms with Crippen molar-refractivity contribution in [1.82, 2.24) is 10.3 Å². The van der Waals surface area contributed by atoms with Crippen molar-refractivity contribution in [2.45, 2.75) is 31.8 Å². The van der Waals surface area contributed by atoms with Crippen molar-refractivity contribution in [2.75, 3.05) is 11.9 Å². The minimum absolute atomic E-state index is 0.139. The zero-order valence-electron chi connectivity index (χ0n) is 9.13. The van der Waals surface area contributed by atoms with Crippen LogP contribution in [0.5, 0.6) is 0 Å². The van der Waals surface area contributed by atoms with Crippen molar-refractivity contribution < 1.29 is 8.78 Å². The van der Waals surface area contributed by atoms with E-state index < -0.39 is 11.6 Å². The van der Waals surface area contributed by atoms with Gasteiger partial charge in [0, 0.05) is 18.2 Å². The fourth-order valence-corrected chi connectivity index (χ4v) is 1.98. The predicted molar refractivity (Wildman–Crippen MR) is 58.3 cm³/mol. The Balaban J connectivity index is 2.02. The lowest BCUT2D eigenvalue weighted by Crippen LogP contribution is -2.41. The number of piperidine rings is 1. The van der Waals surface area contributed by atoms with E-state index in [1.807, 2.05) is 0 Å². The highest BCUT2D eigenvalue weighted by Gasteiger charge is 2.19. The standard InChI is InChI=1S/C11H15F2N3/c1-7-4-9(2-3-14-7)16-11-10(13)5-8(12)6-15-11/h5-7,9,14H,2-4H2,1H3,(H,15,16). The molecule has 0 saturated carbocycles. The number of rotatable bonds is 2. The maximum atomic E-state index is 13.3. The second kappa shape index (κ2) is 4.74. The second-order valence-electron chi connectivity index (χ2n) is 4.20. The van der Waals surface area contributed by atoms with Crippen molar-refractivity contribution >= 4 is 5.82 Å². The van der Waals surface area contributed by atoms with Gasteiger partial charge in [0.05, 0.1) is 6.20 Å². The maximum Gasteiger partial charge on any atom is 0.168 e. The van der Waals surface area contributed by atoms with Crippen molar-refractivity contribution in [3.63, 3.8) is 0 Å². The molecule has 1 aromatic heterocycles. The van der Waals surface area contributed by atoms with Crippen molar-refractivity contribution in [2.24, 2.45) is 0 Å². The summed E-state index contributed by atoms with van der Waals surface area (Å²) in [7, 11) is 0. The van der Waals surface area contributed by atoms with Crippen LogP contribution in [0.25, 0.3) is 0 Å². The summed E-state index contributed by atoms with van der Waals surface area (Å²) in [6, 6.07) is 1.46. The predicted octanol–water partition coefficient (Wildman–Crippen LogP) is 1.91. The van der Waals surface area contributed by atoms with E-state index in [2.05, 4.69) is 22.5 Å². The lowest BCUT2D eigenvalue weighted by molar-refractivity contribution is 0.394. The van der Waals surface area contributed by atoms with Crippen LogP contribution in [0.4, 0.5) is 14.6 Å². The van der Waals surface area contributed by atoms with Gasteiger partial charge < -0.3 is 10.6 Å². The monoisotopic (exact) mass is 227 g/mol. The van der Waals surface area contributed by atoms with Crippen LogP contribution in [0.15, 0.2) is 12.3 Å². The van der Waals surface area contributed by atoms with Gasteiger partial charge in [0.15, 0.2) is 11.6 Å². The van der Waals surface area contributed by atoms with E-state index in [1.165, 1.54) is 0 Å². The number of nitrogens with zero attached hydrogens (tertiary/aromatic N) is 1. The molecule has 1 aliphatic rings. The average molecular weight is 227 g/mol. The Morgan fingerprint density at radius 3 is 3.00 bits per heavy atom. The topological polar surface area (TPSA) is 37.0 Å². The Morgan fingerprint density at radius 1 is 1.50 bits per heavy atom. The van der Waals surface area contributed by atoms with Crippen LogP contribution in [-0.4, -0.2) is 23.6 Å². The fourth-order valence-electron chi connectivity index (χ4n) is 1.98. The summed E-state index contributed by atoms with van der Waals surface area (Å²) in [4.78, 5) is 3.72. The summed E-state index contributed by atoms with van der Waals surface area (Å²) < 4.78 is 26.0. The summed E-state index contributed by atoms with van der Waals surface area (Å²) in [6.45, 7) is 2.99. The summed E-state index contributed by atoms with van der Waals surface area (Å²) in [5.41, 5.74) is 0. The molecular weight excluding hydrogens is 212 g/mol. The smallest absolute Gasteiger partial charge is 0.168 e. The Kier molecular flexibility index (Phi) is 3.33. The van der Waals surface area contributed by atoms with Gasteiger partial charge in [-0.1, -0.05) is 0 Å². The Labute approximate surface area is 93.3 Å². The van der Waals surface area contributed by atoms with Crippen LogP contribution in [-0.2, 0) is 0 Å². The minimum atomic E-state index is -0.651. The Bertz CT molecular complexity index is 370. The quantitative estimate of drug-likeness (QED) is 0.810. The number of pyridine rings is 1. The van der Waals surface area contributed by atoms with Gasteiger partial charge in [-0.2, -0.15) is 0 Å². The number of halogens is 2. The number of aromatic nitrogens is 1. The van der Waals surface area contributed by atoms with E-state index in [0.717, 1.165) is 31.6 Å². The third-order valence-corrected chi connectivity index (χ3v) is 2.77. The van der Waals surface area contributed by atoms with Gasteiger partial charge in [0.25, 0.3) is 0 Å². The first kappa shape index (κ1) is 11.3. The molecule has 3 nitrogen and oxygen atoms in total. The summed E-state index contributed by atoms with van der Waals surface area (Å²) in [6.07, 6.45) is 2.86. The van der Waals surface area contributed by atoms with Gasteiger partial charge in [-0.05, 0) is 26.3 Å². The molecule has 1 aliphatic heterocycles. The van der Waals surface area contributed by atoms with Crippen LogP contribution in [0.1, 0.15) is 19.8 Å². The van der Waals surface area contributed by atoms with Gasteiger partial charge in [-0.25, -0.2) is 13.8 Å². The third-order valence-electron chi connectivity index (χ3n) is 2.77. The molecule has 5 heteroatoms. The zero-order chi connectivity index (χ0) is 11.5. The summed E-state index contributed by atoms with van der Waals surface area (Å²) in [5.74, 6) is -1.14. The molecule has 1 fully saturated rings. The van der Waals surface area contributed by atoms with E-state index in [1.54, 1.807) is 0 Å². The molecule has 0 spiro atoms. The highest BCUT2D eigenvalue weighted by molar-refractivity contribution is 5.37. The number of anilines is 1. The van der Waals surface area contributed by atoms with E-state index in [4.69, 9.17) is 0 Å². The minimum Gasteiger partial charge on any atom is -0.365 e. The summed E-state index contributed by atoms with van der Waals surface area (Å²) >= 11 is 0. The molecule has 0 bridgehead atoms. The zero-order valence-corrected chi connectivity index (χ0v) is 9.13. The van der Waals surface area contributed by atoms with Gasteiger partial charge in [-0.15, -0.1) is 0 Å². The molecule has 16 heavy (non-hydrogen) atoms. The molecule has 1 aromatic rings. The molecule has 2 unspecified atom stereocenters. The van der Waals surface area contributed by atoms with Crippen LogP contribution in [0.2, 0.25) is 0 Å². The highest BCUT2D eigenvalue weighted by atomic mass is 19.1. The first-order valence-corrected chi connectivity index (χ1v) is 5.46. The van der Waals surface area contributed by atoms with E-state index in [-0.39, 0.29) is 11.9 Å². The molecule has 88 valence electrons. The molecule has 0 aliphatic carbocycles. The first-order valence-electron chi connectivity index (χ1n) is 5.46. The molecule has 0 aromatic carbocycles. The van der Waals surface area contributed by atoms with Crippen LogP contribution >= 0.6 is 0 Å². The van der Waals surface area contributed by atoms with E-state index in [9.17, 15) is 8.78 Å². The highest BCUT2D eigenvalue weighted by Crippen LogP contribution is 2.17. The first-order chi connectivity index (χ1) is 7.65. The molecule has 1 saturated heterocycles. The summed E-state index contributed by atoms with van der Waals surface area (Å²) in [5, 5.41) is 6.32. The SMILES string of the molecule is CC1CC(Nc2ncc(F)cc2F)CCN1. The number of nitrogens with one attached hydrogen (secondary N) is 2. The normalized spacial score (nSPS) is 25.4. The van der Waals surface area contributed by atoms with Crippen molar-refractivity contribution in [3.8, 4) is 0 Å². The Morgan fingerprint density at radius 2 is 2.31 bits per heavy atom. The van der Waals surface area contributed by atoms with Crippen LogP contribution in [0, 0.1) is 11.6 Å². The maximum absolute atomic E-state index is 13.3. The molecule has 0 radical (unpaired) electrons. The lowest BCUT2D eigenvalue weighted by atomic mass is 10.0. The van der Waals surface area contributed by atoms with Crippen LogP contribution < -0.4 is 10.6 Å². The van der Waals surface area contributed by atoms with Gasteiger partial charge >= 0.3 is 0 Å². The molecular formula is C11H15F2N3. The van der Waals surface area contributed by atoms with Gasteiger partial charge in [0.2, 0.25) is 0 Å². The largest absolute Gasteiger partial charge is 0.365 e. The van der Waals surface area contributed by atoms with Gasteiger partial charge in [0.1, 0.15) is 5.82 Å². The van der Waals surface area contributed by atoms with E-state index >= 15 is 0 Å². The molecule has 2 heterocycles. The Hall–Kier alpha value is -1.23. The third kappa shape index (κ3) is 2.66. The van der Waals surface area contributed by atoms with Crippen molar-refractivity contribution in [3.05, 3.63) is 23.9 Å². The molecule has 0 amide bonds. The van der Waals surface area contributed by atoms with E-state index in [0.29, 0.717) is 6.04 Å². The lowest BCUT2D eigenvalue weighted by Gasteiger charge is -2.29. The molecule has 2 atom stereocenters. The molecule has 2 N–H and O–H groups in total. The average Bonchev–Trinajstić information content (AvgIpc) is 2.22. The fraction of sp³-hybridized carbons (Fsp3) is 0.545. The number of hydrogen-bond donors (Lipinski definition) is 2. The second-order valence-corrected chi connectivity index (χ2v) is 4.20. The van der Waals surface area contributed by atoms with Gasteiger partial charge in [-0.3, -0.25) is 0 Å². The van der Waals surface area contributed by atoms with Crippen LogP contribution in [0.3, 0.4) is 0 Å². The number of hydrogen-bond acceptors (Lipinski definition) is 3. The van der Waals surface area contributed by atoms with Crippen molar-refractivity contribution in [1.29, 1.82) is 0 Å². The molecule has 2 rings (SSSR count).